The SMILES string of the molecule is Cc1c(-c2cc3ccc(OCC(C)c4ccccc4)cc3o2)oc(=O)c(C)c1O. The number of aromatic hydroxyl groups is 1. The van der Waals surface area contributed by atoms with Crippen LogP contribution in [0, 0.1) is 13.8 Å². The highest BCUT2D eigenvalue weighted by molar-refractivity contribution is 5.83. The summed E-state index contributed by atoms with van der Waals surface area (Å²) in [6.45, 7) is 5.88. The predicted octanol–water partition coefficient (Wildman–Crippen LogP) is 5.56. The van der Waals surface area contributed by atoms with E-state index in [4.69, 9.17) is 13.6 Å². The molecule has 0 saturated heterocycles. The van der Waals surface area contributed by atoms with Crippen molar-refractivity contribution >= 4 is 11.0 Å². The molecule has 5 heteroatoms. The summed E-state index contributed by atoms with van der Waals surface area (Å²) < 4.78 is 17.2. The van der Waals surface area contributed by atoms with Crippen LogP contribution in [-0.4, -0.2) is 11.7 Å². The van der Waals surface area contributed by atoms with Gasteiger partial charge in [-0.1, -0.05) is 37.3 Å². The van der Waals surface area contributed by atoms with Gasteiger partial charge in [0.2, 0.25) is 0 Å². The molecule has 1 atom stereocenters. The molecule has 0 fully saturated rings. The van der Waals surface area contributed by atoms with E-state index in [-0.39, 0.29) is 23.0 Å². The van der Waals surface area contributed by atoms with Crippen molar-refractivity contribution in [3.63, 3.8) is 0 Å². The van der Waals surface area contributed by atoms with E-state index >= 15 is 0 Å². The van der Waals surface area contributed by atoms with E-state index in [2.05, 4.69) is 19.1 Å². The van der Waals surface area contributed by atoms with Crippen LogP contribution in [0.15, 0.2) is 68.2 Å². The number of benzene rings is 2. The predicted molar refractivity (Wildman–Crippen MR) is 112 cm³/mol. The Kier molecular flexibility index (Phi) is 4.89. The summed E-state index contributed by atoms with van der Waals surface area (Å²) in [5.41, 5.74) is 1.91. The number of hydrogen-bond donors (Lipinski definition) is 1. The van der Waals surface area contributed by atoms with Crippen LogP contribution in [0.25, 0.3) is 22.5 Å². The minimum Gasteiger partial charge on any atom is -0.507 e. The number of fused-ring (bicyclic) bond motifs is 1. The van der Waals surface area contributed by atoms with Crippen LogP contribution < -0.4 is 10.4 Å². The molecule has 0 radical (unpaired) electrons. The zero-order chi connectivity index (χ0) is 20.5. The van der Waals surface area contributed by atoms with Crippen molar-refractivity contribution < 1.29 is 18.7 Å². The third-order valence-corrected chi connectivity index (χ3v) is 5.14. The Morgan fingerprint density at radius 2 is 1.76 bits per heavy atom. The molecule has 0 aliphatic carbocycles. The van der Waals surface area contributed by atoms with Gasteiger partial charge in [0.25, 0.3) is 0 Å². The topological polar surface area (TPSA) is 72.8 Å². The molecule has 2 aromatic heterocycles. The monoisotopic (exact) mass is 390 g/mol. The van der Waals surface area contributed by atoms with Gasteiger partial charge in [-0.2, -0.15) is 0 Å². The summed E-state index contributed by atoms with van der Waals surface area (Å²) >= 11 is 0. The van der Waals surface area contributed by atoms with Crippen molar-refractivity contribution in [1.29, 1.82) is 0 Å². The van der Waals surface area contributed by atoms with Crippen molar-refractivity contribution in [3.05, 3.63) is 81.7 Å². The molecular formula is C24H22O5. The molecule has 29 heavy (non-hydrogen) atoms. The largest absolute Gasteiger partial charge is 0.507 e. The molecule has 4 aromatic rings. The highest BCUT2D eigenvalue weighted by atomic mass is 16.5. The van der Waals surface area contributed by atoms with Crippen LogP contribution >= 0.6 is 0 Å². The molecule has 0 bridgehead atoms. The maximum Gasteiger partial charge on any atom is 0.343 e. The number of furan rings is 1. The Morgan fingerprint density at radius 1 is 1.00 bits per heavy atom. The van der Waals surface area contributed by atoms with E-state index in [1.54, 1.807) is 13.0 Å². The van der Waals surface area contributed by atoms with E-state index in [1.807, 2.05) is 36.4 Å². The van der Waals surface area contributed by atoms with Crippen molar-refractivity contribution in [3.8, 4) is 23.0 Å². The lowest BCUT2D eigenvalue weighted by atomic mass is 10.0. The minimum atomic E-state index is -0.581. The van der Waals surface area contributed by atoms with Gasteiger partial charge in [0.05, 0.1) is 12.2 Å². The van der Waals surface area contributed by atoms with Gasteiger partial charge in [-0.25, -0.2) is 4.79 Å². The van der Waals surface area contributed by atoms with E-state index in [9.17, 15) is 9.90 Å². The molecule has 1 N–H and O–H groups in total. The molecule has 0 aliphatic heterocycles. The molecule has 0 amide bonds. The third kappa shape index (κ3) is 3.63. The average Bonchev–Trinajstić information content (AvgIpc) is 3.16. The Morgan fingerprint density at radius 3 is 2.52 bits per heavy atom. The molecule has 5 nitrogen and oxygen atoms in total. The molecule has 148 valence electrons. The van der Waals surface area contributed by atoms with Crippen LogP contribution in [0.1, 0.15) is 29.5 Å². The van der Waals surface area contributed by atoms with Gasteiger partial charge >= 0.3 is 5.63 Å². The first-order valence-electron chi connectivity index (χ1n) is 9.49. The molecule has 4 rings (SSSR count). The van der Waals surface area contributed by atoms with Crippen molar-refractivity contribution in [2.45, 2.75) is 26.7 Å². The lowest BCUT2D eigenvalue weighted by Crippen LogP contribution is -2.06. The average molecular weight is 390 g/mol. The van der Waals surface area contributed by atoms with Gasteiger partial charge in [0.15, 0.2) is 11.5 Å². The first-order chi connectivity index (χ1) is 13.9. The number of hydrogen-bond acceptors (Lipinski definition) is 5. The molecule has 0 saturated carbocycles. The summed E-state index contributed by atoms with van der Waals surface area (Å²) in [5, 5.41) is 11.0. The van der Waals surface area contributed by atoms with Crippen LogP contribution in [-0.2, 0) is 0 Å². The summed E-state index contributed by atoms with van der Waals surface area (Å²) in [6, 6.07) is 17.6. The molecule has 0 spiro atoms. The molecule has 2 heterocycles. The molecular weight excluding hydrogens is 368 g/mol. The lowest BCUT2D eigenvalue weighted by Gasteiger charge is -2.13. The van der Waals surface area contributed by atoms with Crippen LogP contribution in [0.5, 0.6) is 11.5 Å². The van der Waals surface area contributed by atoms with Gasteiger partial charge in [-0.15, -0.1) is 0 Å². The summed E-state index contributed by atoms with van der Waals surface area (Å²) in [7, 11) is 0. The van der Waals surface area contributed by atoms with E-state index in [0.29, 0.717) is 29.3 Å². The Hall–Kier alpha value is -3.47. The van der Waals surface area contributed by atoms with Gasteiger partial charge in [-0.3, -0.25) is 0 Å². The summed E-state index contributed by atoms with van der Waals surface area (Å²) in [5.74, 6) is 1.50. The summed E-state index contributed by atoms with van der Waals surface area (Å²) in [6.07, 6.45) is 0. The van der Waals surface area contributed by atoms with Crippen molar-refractivity contribution in [2.24, 2.45) is 0 Å². The third-order valence-electron chi connectivity index (χ3n) is 5.14. The molecule has 1 unspecified atom stereocenters. The maximum atomic E-state index is 11.9. The zero-order valence-electron chi connectivity index (χ0n) is 16.6. The summed E-state index contributed by atoms with van der Waals surface area (Å²) in [4.78, 5) is 11.9. The van der Waals surface area contributed by atoms with Crippen molar-refractivity contribution in [2.75, 3.05) is 6.61 Å². The van der Waals surface area contributed by atoms with Gasteiger partial charge < -0.3 is 18.7 Å². The molecule has 2 aromatic carbocycles. The standard InChI is InChI=1S/C24H22O5/c1-14(17-7-5-4-6-8-17)13-27-19-10-9-18-11-21(28-20(18)12-19)23-15(2)22(25)16(3)24(26)29-23/h4-12,14,25H,13H2,1-3H3. The fraction of sp³-hybridized carbons (Fsp3) is 0.208. The first kappa shape index (κ1) is 18.9. The van der Waals surface area contributed by atoms with Gasteiger partial charge in [0, 0.05) is 22.9 Å². The van der Waals surface area contributed by atoms with E-state index in [0.717, 1.165) is 5.39 Å². The maximum absolute atomic E-state index is 11.9. The fourth-order valence-electron chi connectivity index (χ4n) is 3.28. The Labute approximate surface area is 168 Å². The van der Waals surface area contributed by atoms with Crippen LogP contribution in [0.2, 0.25) is 0 Å². The highest BCUT2D eigenvalue weighted by Gasteiger charge is 2.18. The van der Waals surface area contributed by atoms with Crippen LogP contribution in [0.4, 0.5) is 0 Å². The van der Waals surface area contributed by atoms with E-state index < -0.39 is 5.63 Å². The number of ether oxygens (including phenoxy) is 1. The second-order valence-corrected chi connectivity index (χ2v) is 7.25. The zero-order valence-corrected chi connectivity index (χ0v) is 16.6. The van der Waals surface area contributed by atoms with Gasteiger partial charge in [-0.05, 0) is 37.6 Å². The Bertz CT molecular complexity index is 1220. The van der Waals surface area contributed by atoms with E-state index in [1.165, 1.54) is 12.5 Å². The lowest BCUT2D eigenvalue weighted by molar-refractivity contribution is 0.296. The highest BCUT2D eigenvalue weighted by Crippen LogP contribution is 2.34. The number of rotatable bonds is 5. The quantitative estimate of drug-likeness (QED) is 0.483. The second kappa shape index (κ2) is 7.51. The minimum absolute atomic E-state index is 0.0735. The first-order valence-corrected chi connectivity index (χ1v) is 9.49. The normalized spacial score (nSPS) is 12.2. The fourth-order valence-corrected chi connectivity index (χ4v) is 3.28. The second-order valence-electron chi connectivity index (χ2n) is 7.25. The Balaban J connectivity index is 1.59. The van der Waals surface area contributed by atoms with Crippen LogP contribution in [0.3, 0.4) is 0 Å². The smallest absolute Gasteiger partial charge is 0.343 e. The van der Waals surface area contributed by atoms with Gasteiger partial charge in [0.1, 0.15) is 17.1 Å². The van der Waals surface area contributed by atoms with Crippen molar-refractivity contribution in [1.82, 2.24) is 0 Å². The molecule has 0 aliphatic rings.